The van der Waals surface area contributed by atoms with Crippen molar-refractivity contribution >= 4 is 18.2 Å². The first kappa shape index (κ1) is 38.8. The number of nitrogens with zero attached hydrogens (tertiary/aromatic N) is 1. The summed E-state index contributed by atoms with van der Waals surface area (Å²) in [7, 11) is 0. The largest absolute Gasteiger partial charge is 0.489 e. The molecule has 0 saturated carbocycles. The van der Waals surface area contributed by atoms with Crippen molar-refractivity contribution in [1.82, 2.24) is 4.90 Å². The Labute approximate surface area is 371 Å². The highest BCUT2D eigenvalue weighted by atomic mass is 16.5. The van der Waals surface area contributed by atoms with E-state index in [1.807, 2.05) is 0 Å². The van der Waals surface area contributed by atoms with Gasteiger partial charge in [0.05, 0.1) is 6.04 Å². The Morgan fingerprint density at radius 2 is 1.56 bits per heavy atom. The summed E-state index contributed by atoms with van der Waals surface area (Å²) in [6.07, 6.45) is 67.4. The third-order valence-corrected chi connectivity index (χ3v) is 16.8. The number of benzene rings is 1. The highest BCUT2D eigenvalue weighted by molar-refractivity contribution is 5.61. The van der Waals surface area contributed by atoms with Gasteiger partial charge < -0.3 is 9.64 Å². The monoisotopic (exact) mass is 816 g/mol. The summed E-state index contributed by atoms with van der Waals surface area (Å²) < 4.78 is 6.86. The van der Waals surface area contributed by atoms with Crippen molar-refractivity contribution in [3.05, 3.63) is 181 Å². The topological polar surface area (TPSA) is 12.5 Å². The summed E-state index contributed by atoms with van der Waals surface area (Å²) in [5, 5.41) is 2.94. The van der Waals surface area contributed by atoms with Crippen LogP contribution in [-0.4, -0.2) is 17.0 Å². The van der Waals surface area contributed by atoms with E-state index >= 15 is 0 Å². The quantitative estimate of drug-likeness (QED) is 0.254. The highest BCUT2D eigenvalue weighted by Gasteiger charge is 2.42. The average Bonchev–Trinajstić information content (AvgIpc) is 3.73. The van der Waals surface area contributed by atoms with E-state index in [1.165, 1.54) is 116 Å². The summed E-state index contributed by atoms with van der Waals surface area (Å²) in [6, 6.07) is 5.24. The van der Waals surface area contributed by atoms with Crippen molar-refractivity contribution in [1.29, 1.82) is 0 Å². The maximum atomic E-state index is 6.86. The van der Waals surface area contributed by atoms with Crippen molar-refractivity contribution in [2.75, 3.05) is 0 Å². The first-order chi connectivity index (χ1) is 30.7. The Balaban J connectivity index is 0.800. The van der Waals surface area contributed by atoms with Crippen molar-refractivity contribution < 1.29 is 4.74 Å². The lowest BCUT2D eigenvalue weighted by Crippen LogP contribution is -2.38. The zero-order valence-electron chi connectivity index (χ0n) is 36.9. The molecular weight excluding hydrogens is 751 g/mol. The second-order valence-corrected chi connectivity index (χ2v) is 20.3. The Morgan fingerprint density at radius 1 is 0.613 bits per heavy atom. The van der Waals surface area contributed by atoms with E-state index in [-0.39, 0.29) is 0 Å². The number of rotatable bonds is 7. The van der Waals surface area contributed by atoms with Gasteiger partial charge in [0.1, 0.15) is 11.9 Å². The molecule has 2 nitrogen and oxygen atoms in total. The molecule has 1 heterocycles. The zero-order valence-corrected chi connectivity index (χ0v) is 36.9. The van der Waals surface area contributed by atoms with Crippen molar-refractivity contribution in [3.8, 4) is 0 Å². The highest BCUT2D eigenvalue weighted by Crippen LogP contribution is 2.50. The number of fused-ring (bicyclic) bond motifs is 5. The summed E-state index contributed by atoms with van der Waals surface area (Å²) >= 11 is 0. The van der Waals surface area contributed by atoms with E-state index < -0.39 is 0 Å². The molecule has 0 fully saturated rings. The SMILES string of the molecule is C1=CCC(C2=CCCC3=C2OC2CCC(C4CC=C(N(C5=CC=C(C6=CC7=C(C=CCC7)CC6)CC5)C5C=C[C@H](C6C=c7ccc8c(c7=CC6)C=CCC8)CC5)CC4)=CC32)C=C1. The molecule has 0 saturated heterocycles. The summed E-state index contributed by atoms with van der Waals surface area (Å²) in [6.45, 7) is 0. The Kier molecular flexibility index (Phi) is 10.5. The van der Waals surface area contributed by atoms with Gasteiger partial charge in [-0.15, -0.1) is 0 Å². The van der Waals surface area contributed by atoms with Crippen LogP contribution in [-0.2, 0) is 11.2 Å². The minimum Gasteiger partial charge on any atom is -0.489 e. The van der Waals surface area contributed by atoms with Gasteiger partial charge >= 0.3 is 0 Å². The molecule has 0 amide bonds. The lowest BCUT2D eigenvalue weighted by Gasteiger charge is -2.42. The van der Waals surface area contributed by atoms with Crippen LogP contribution >= 0.6 is 0 Å². The van der Waals surface area contributed by atoms with Crippen LogP contribution in [0, 0.1) is 29.6 Å². The molecule has 316 valence electrons. The van der Waals surface area contributed by atoms with Gasteiger partial charge in [-0.05, 0) is 201 Å². The normalized spacial score (nSPS) is 32.0. The van der Waals surface area contributed by atoms with Gasteiger partial charge in [-0.1, -0.05) is 121 Å². The Morgan fingerprint density at radius 3 is 2.44 bits per heavy atom. The molecule has 1 aromatic rings. The molecule has 10 aliphatic carbocycles. The van der Waals surface area contributed by atoms with E-state index in [2.05, 4.69) is 126 Å². The molecule has 0 radical (unpaired) electrons. The molecule has 62 heavy (non-hydrogen) atoms. The Hall–Kier alpha value is -4.82. The minimum absolute atomic E-state index is 0.334. The van der Waals surface area contributed by atoms with Gasteiger partial charge in [0.15, 0.2) is 0 Å². The first-order valence-corrected chi connectivity index (χ1v) is 25.0. The van der Waals surface area contributed by atoms with Gasteiger partial charge in [0, 0.05) is 23.2 Å². The van der Waals surface area contributed by atoms with Crippen molar-refractivity contribution in [2.24, 2.45) is 29.6 Å². The maximum Gasteiger partial charge on any atom is 0.123 e. The van der Waals surface area contributed by atoms with E-state index in [4.69, 9.17) is 4.74 Å². The van der Waals surface area contributed by atoms with Crippen LogP contribution in [0.15, 0.2) is 159 Å². The molecule has 12 rings (SSSR count). The molecule has 0 bridgehead atoms. The molecule has 1 aromatic carbocycles. The van der Waals surface area contributed by atoms with E-state index in [1.54, 1.807) is 44.8 Å². The van der Waals surface area contributed by atoms with Crippen molar-refractivity contribution in [2.45, 2.75) is 134 Å². The molecule has 1 aliphatic heterocycles. The molecule has 2 heteroatoms. The summed E-state index contributed by atoms with van der Waals surface area (Å²) in [5.41, 5.74) is 17.3. The van der Waals surface area contributed by atoms with Gasteiger partial charge in [0.2, 0.25) is 0 Å². The molecule has 0 aromatic heterocycles. The molecule has 0 N–H and O–H groups in total. The summed E-state index contributed by atoms with van der Waals surface area (Å²) in [4.78, 5) is 2.85. The molecule has 11 aliphatic rings. The lowest BCUT2D eigenvalue weighted by atomic mass is 9.74. The van der Waals surface area contributed by atoms with Gasteiger partial charge in [0.25, 0.3) is 0 Å². The fraction of sp³-hybridized carbons (Fsp3) is 0.433. The van der Waals surface area contributed by atoms with Gasteiger partial charge in [-0.25, -0.2) is 0 Å². The van der Waals surface area contributed by atoms with E-state index in [0.717, 1.165) is 38.5 Å². The smallest absolute Gasteiger partial charge is 0.123 e. The summed E-state index contributed by atoms with van der Waals surface area (Å²) in [5.74, 6) is 4.07. The van der Waals surface area contributed by atoms with Crippen LogP contribution < -0.4 is 10.4 Å². The molecular formula is C60H65NO. The zero-order chi connectivity index (χ0) is 41.0. The van der Waals surface area contributed by atoms with E-state index in [9.17, 15) is 0 Å². The maximum absolute atomic E-state index is 6.86. The van der Waals surface area contributed by atoms with E-state index in [0.29, 0.717) is 41.7 Å². The van der Waals surface area contributed by atoms with Crippen LogP contribution in [0.5, 0.6) is 0 Å². The molecule has 7 atom stereocenters. The van der Waals surface area contributed by atoms with Crippen LogP contribution in [0.25, 0.3) is 18.2 Å². The van der Waals surface area contributed by atoms with Crippen LogP contribution in [0.3, 0.4) is 0 Å². The number of allylic oxidation sites excluding steroid dienone is 21. The van der Waals surface area contributed by atoms with Gasteiger partial charge in [-0.2, -0.15) is 0 Å². The number of aryl methyl sites for hydroxylation is 1. The molecule has 6 unspecified atom stereocenters. The van der Waals surface area contributed by atoms with Crippen LogP contribution in [0.1, 0.15) is 127 Å². The predicted molar refractivity (Wildman–Crippen MR) is 258 cm³/mol. The second-order valence-electron chi connectivity index (χ2n) is 20.3. The third kappa shape index (κ3) is 7.28. The molecule has 0 spiro atoms. The Bertz CT molecular complexity index is 2580. The lowest BCUT2D eigenvalue weighted by molar-refractivity contribution is 0.113. The fourth-order valence-electron chi connectivity index (χ4n) is 13.4. The predicted octanol–water partition coefficient (Wildman–Crippen LogP) is 13.4. The van der Waals surface area contributed by atoms with Crippen molar-refractivity contribution in [3.63, 3.8) is 0 Å². The standard InChI is InChI=1S/C60H65NO/c1-2-10-44(11-3-1)56-15-8-16-57-58-39-49(28-36-59(58)62-60(56)57)43-25-33-53(34-26-43)61(51-29-21-41(22-30-51)47-19-17-40-9-4-5-13-46(40)37-47)52-31-23-42(24-32-52)48-27-35-55-50(38-48)20-18-45-12-6-7-14-54(45)55/h1-4,7,9-10,14-15,18,20-21,23,29,31,33,35,37-39,42-44,48,52,58-59H,5-6,8,11-13,16-17,19,22,24-28,30,32,34,36H2/t42-,43?,44?,48?,52?,58?,59?/m0/s1. The number of hydrogen-bond acceptors (Lipinski definition) is 2. The van der Waals surface area contributed by atoms with Crippen LogP contribution in [0.4, 0.5) is 0 Å². The van der Waals surface area contributed by atoms with Crippen LogP contribution in [0.2, 0.25) is 0 Å². The fourth-order valence-corrected chi connectivity index (χ4v) is 13.4. The number of hydrogen-bond donors (Lipinski definition) is 0. The third-order valence-electron chi connectivity index (χ3n) is 16.8. The second kappa shape index (κ2) is 16.7. The number of ether oxygens (including phenoxy) is 1. The van der Waals surface area contributed by atoms with Gasteiger partial charge in [-0.3, -0.25) is 0 Å². The minimum atomic E-state index is 0.334. The average molecular weight is 816 g/mol. The first-order valence-electron chi connectivity index (χ1n) is 25.0.